The standard InChI is InChI=1S/C21H26N4OS2/c1-13(2)18-10-16(11-27-18)20-23-24-21(25(20)14(3)4)28-12-19(26)22-17-9-7-6-8-15(17)5/h6-11,13-14H,12H2,1-5H3,(H,22,26). The van der Waals surface area contributed by atoms with Crippen molar-refractivity contribution >= 4 is 34.7 Å². The number of hydrogen-bond donors (Lipinski definition) is 1. The van der Waals surface area contributed by atoms with Gasteiger partial charge in [-0.25, -0.2) is 0 Å². The summed E-state index contributed by atoms with van der Waals surface area (Å²) < 4.78 is 2.11. The van der Waals surface area contributed by atoms with Crippen LogP contribution in [0.3, 0.4) is 0 Å². The number of aromatic nitrogens is 3. The lowest BCUT2D eigenvalue weighted by Crippen LogP contribution is -2.15. The second-order valence-corrected chi connectivity index (χ2v) is 9.20. The topological polar surface area (TPSA) is 59.8 Å². The zero-order valence-electron chi connectivity index (χ0n) is 16.9. The second-order valence-electron chi connectivity index (χ2n) is 7.31. The van der Waals surface area contributed by atoms with Crippen LogP contribution >= 0.6 is 23.1 Å². The van der Waals surface area contributed by atoms with Crippen LogP contribution in [0.4, 0.5) is 5.69 Å². The summed E-state index contributed by atoms with van der Waals surface area (Å²) in [6, 6.07) is 10.2. The van der Waals surface area contributed by atoms with Crippen molar-refractivity contribution < 1.29 is 4.79 Å². The number of thioether (sulfide) groups is 1. The van der Waals surface area contributed by atoms with E-state index in [0.717, 1.165) is 27.8 Å². The molecular formula is C21H26N4OS2. The number of hydrogen-bond acceptors (Lipinski definition) is 5. The first-order valence-corrected chi connectivity index (χ1v) is 11.2. The molecule has 0 saturated heterocycles. The first-order chi connectivity index (χ1) is 13.4. The molecule has 0 radical (unpaired) electrons. The van der Waals surface area contributed by atoms with Crippen LogP contribution in [0.2, 0.25) is 0 Å². The lowest BCUT2D eigenvalue weighted by atomic mass is 10.1. The molecule has 5 nitrogen and oxygen atoms in total. The molecule has 0 aliphatic heterocycles. The number of carbonyl (C=O) groups is 1. The van der Waals surface area contributed by atoms with Crippen molar-refractivity contribution in [3.63, 3.8) is 0 Å². The Morgan fingerprint density at radius 3 is 2.61 bits per heavy atom. The number of para-hydroxylation sites is 1. The monoisotopic (exact) mass is 414 g/mol. The van der Waals surface area contributed by atoms with Gasteiger partial charge in [-0.05, 0) is 44.4 Å². The Hall–Kier alpha value is -2.12. The van der Waals surface area contributed by atoms with Crippen molar-refractivity contribution in [2.24, 2.45) is 0 Å². The molecule has 3 aromatic rings. The van der Waals surface area contributed by atoms with Gasteiger partial charge in [-0.15, -0.1) is 21.5 Å². The van der Waals surface area contributed by atoms with Gasteiger partial charge >= 0.3 is 0 Å². The molecule has 0 aliphatic rings. The van der Waals surface area contributed by atoms with Crippen LogP contribution in [0, 0.1) is 6.92 Å². The summed E-state index contributed by atoms with van der Waals surface area (Å²) in [6.45, 7) is 10.6. The van der Waals surface area contributed by atoms with Gasteiger partial charge in [-0.2, -0.15) is 0 Å². The van der Waals surface area contributed by atoms with Crippen LogP contribution in [-0.2, 0) is 4.79 Å². The van der Waals surface area contributed by atoms with Gasteiger partial charge in [0.1, 0.15) is 0 Å². The fourth-order valence-electron chi connectivity index (χ4n) is 2.84. The molecule has 1 aromatic carbocycles. The Morgan fingerprint density at radius 1 is 1.21 bits per heavy atom. The third-order valence-electron chi connectivity index (χ3n) is 4.38. The third-order valence-corrected chi connectivity index (χ3v) is 6.56. The first kappa shape index (κ1) is 20.6. The normalized spacial score (nSPS) is 11.4. The molecule has 0 bridgehead atoms. The van der Waals surface area contributed by atoms with Gasteiger partial charge < -0.3 is 5.32 Å². The molecule has 0 atom stereocenters. The van der Waals surface area contributed by atoms with E-state index in [-0.39, 0.29) is 11.9 Å². The summed E-state index contributed by atoms with van der Waals surface area (Å²) in [7, 11) is 0. The Kier molecular flexibility index (Phi) is 6.57. The number of rotatable bonds is 7. The summed E-state index contributed by atoms with van der Waals surface area (Å²) in [5.74, 6) is 1.60. The van der Waals surface area contributed by atoms with Gasteiger partial charge in [0, 0.05) is 27.5 Å². The van der Waals surface area contributed by atoms with Crippen LogP contribution < -0.4 is 5.32 Å². The number of nitrogens with one attached hydrogen (secondary N) is 1. The number of aryl methyl sites for hydroxylation is 1. The minimum Gasteiger partial charge on any atom is -0.325 e. The molecule has 0 unspecified atom stereocenters. The fraction of sp³-hybridized carbons (Fsp3) is 0.381. The Balaban J connectivity index is 1.74. The Morgan fingerprint density at radius 2 is 1.96 bits per heavy atom. The molecule has 28 heavy (non-hydrogen) atoms. The Bertz CT molecular complexity index is 959. The van der Waals surface area contributed by atoms with E-state index in [1.54, 1.807) is 11.3 Å². The van der Waals surface area contributed by atoms with E-state index in [4.69, 9.17) is 0 Å². The second kappa shape index (κ2) is 8.92. The van der Waals surface area contributed by atoms with E-state index in [0.29, 0.717) is 11.7 Å². The van der Waals surface area contributed by atoms with Crippen molar-refractivity contribution in [3.05, 3.63) is 46.2 Å². The highest BCUT2D eigenvalue weighted by Gasteiger charge is 2.19. The van der Waals surface area contributed by atoms with E-state index in [1.807, 2.05) is 31.2 Å². The van der Waals surface area contributed by atoms with Crippen molar-refractivity contribution in [1.29, 1.82) is 0 Å². The molecule has 0 aliphatic carbocycles. The molecular weight excluding hydrogens is 388 g/mol. The van der Waals surface area contributed by atoms with Gasteiger partial charge in [-0.3, -0.25) is 9.36 Å². The lowest BCUT2D eigenvalue weighted by molar-refractivity contribution is -0.113. The maximum absolute atomic E-state index is 12.4. The minimum atomic E-state index is -0.0446. The van der Waals surface area contributed by atoms with Crippen LogP contribution in [-0.4, -0.2) is 26.4 Å². The zero-order chi connectivity index (χ0) is 20.3. The maximum Gasteiger partial charge on any atom is 0.234 e. The van der Waals surface area contributed by atoms with Crippen LogP contribution in [0.5, 0.6) is 0 Å². The van der Waals surface area contributed by atoms with Gasteiger partial charge in [-0.1, -0.05) is 43.8 Å². The molecule has 2 aromatic heterocycles. The minimum absolute atomic E-state index is 0.0446. The van der Waals surface area contributed by atoms with Gasteiger partial charge in [0.15, 0.2) is 11.0 Å². The van der Waals surface area contributed by atoms with Crippen LogP contribution in [0.15, 0.2) is 40.9 Å². The smallest absolute Gasteiger partial charge is 0.234 e. The van der Waals surface area contributed by atoms with Gasteiger partial charge in [0.2, 0.25) is 5.91 Å². The quantitative estimate of drug-likeness (QED) is 0.500. The zero-order valence-corrected chi connectivity index (χ0v) is 18.5. The SMILES string of the molecule is Cc1ccccc1NC(=O)CSc1nnc(-c2csc(C(C)C)c2)n1C(C)C. The average molecular weight is 415 g/mol. The highest BCUT2D eigenvalue weighted by Crippen LogP contribution is 2.32. The Labute approximate surface area is 174 Å². The summed E-state index contributed by atoms with van der Waals surface area (Å²) in [4.78, 5) is 13.7. The van der Waals surface area contributed by atoms with Crippen LogP contribution in [0.1, 0.15) is 50.1 Å². The van der Waals surface area contributed by atoms with Gasteiger partial charge in [0.25, 0.3) is 0 Å². The summed E-state index contributed by atoms with van der Waals surface area (Å²) >= 11 is 3.17. The molecule has 7 heteroatoms. The maximum atomic E-state index is 12.4. The van der Waals surface area contributed by atoms with Crippen molar-refractivity contribution in [1.82, 2.24) is 14.8 Å². The molecule has 2 heterocycles. The number of benzene rings is 1. The van der Waals surface area contributed by atoms with E-state index in [9.17, 15) is 4.79 Å². The molecule has 0 spiro atoms. The number of carbonyl (C=O) groups excluding carboxylic acids is 1. The fourth-order valence-corrected chi connectivity index (χ4v) is 4.61. The molecule has 0 fully saturated rings. The van der Waals surface area contributed by atoms with E-state index in [2.05, 4.69) is 59.2 Å². The number of amides is 1. The molecule has 148 valence electrons. The molecule has 3 rings (SSSR count). The van der Waals surface area contributed by atoms with Gasteiger partial charge in [0.05, 0.1) is 5.75 Å². The summed E-state index contributed by atoms with van der Waals surface area (Å²) in [6.07, 6.45) is 0. The molecule has 0 saturated carbocycles. The first-order valence-electron chi connectivity index (χ1n) is 9.38. The lowest BCUT2D eigenvalue weighted by Gasteiger charge is -2.13. The highest BCUT2D eigenvalue weighted by atomic mass is 32.2. The average Bonchev–Trinajstić information content (AvgIpc) is 3.28. The predicted octanol–water partition coefficient (Wildman–Crippen LogP) is 5.75. The number of thiophene rings is 1. The highest BCUT2D eigenvalue weighted by molar-refractivity contribution is 7.99. The third kappa shape index (κ3) is 4.64. The van der Waals surface area contributed by atoms with Crippen molar-refractivity contribution in [2.75, 3.05) is 11.1 Å². The molecule has 1 amide bonds. The predicted molar refractivity (Wildman–Crippen MR) is 118 cm³/mol. The van der Waals surface area contributed by atoms with E-state index in [1.165, 1.54) is 16.6 Å². The summed E-state index contributed by atoms with van der Waals surface area (Å²) in [5, 5.41) is 14.7. The van der Waals surface area contributed by atoms with Crippen molar-refractivity contribution in [2.45, 2.75) is 51.7 Å². The van der Waals surface area contributed by atoms with E-state index >= 15 is 0 Å². The van der Waals surface area contributed by atoms with E-state index < -0.39 is 0 Å². The number of anilines is 1. The van der Waals surface area contributed by atoms with Crippen molar-refractivity contribution in [3.8, 4) is 11.4 Å². The summed E-state index contributed by atoms with van der Waals surface area (Å²) in [5.41, 5.74) is 2.98. The largest absolute Gasteiger partial charge is 0.325 e. The van der Waals surface area contributed by atoms with Crippen LogP contribution in [0.25, 0.3) is 11.4 Å². The molecule has 1 N–H and O–H groups in total. The number of nitrogens with zero attached hydrogens (tertiary/aromatic N) is 3.